The van der Waals surface area contributed by atoms with Gasteiger partial charge < -0.3 is 10.1 Å². The van der Waals surface area contributed by atoms with Gasteiger partial charge in [0.25, 0.3) is 0 Å². The number of hydrogen-bond donors (Lipinski definition) is 1. The molecule has 3 rings (SSSR count). The molecule has 110 valence electrons. The van der Waals surface area contributed by atoms with E-state index < -0.39 is 0 Å². The summed E-state index contributed by atoms with van der Waals surface area (Å²) < 4.78 is 5.49. The van der Waals surface area contributed by atoms with Gasteiger partial charge in [-0.2, -0.15) is 0 Å². The minimum atomic E-state index is 0.304. The summed E-state index contributed by atoms with van der Waals surface area (Å²) >= 11 is 0. The summed E-state index contributed by atoms with van der Waals surface area (Å²) in [7, 11) is 3.92. The van der Waals surface area contributed by atoms with Crippen LogP contribution in [-0.2, 0) is 11.8 Å². The maximum atomic E-state index is 5.49. The molecule has 0 spiro atoms. The predicted molar refractivity (Wildman–Crippen MR) is 83.5 cm³/mol. The van der Waals surface area contributed by atoms with Crippen LogP contribution >= 0.6 is 0 Å². The van der Waals surface area contributed by atoms with E-state index in [1.807, 2.05) is 0 Å². The number of methoxy groups -OCH3 is 1. The summed E-state index contributed by atoms with van der Waals surface area (Å²) in [6.07, 6.45) is 7.88. The second kappa shape index (κ2) is 5.40. The van der Waals surface area contributed by atoms with E-state index in [-0.39, 0.29) is 0 Å². The molecule has 2 aliphatic carbocycles. The molecule has 0 radical (unpaired) electrons. The van der Waals surface area contributed by atoms with E-state index in [1.54, 1.807) is 18.2 Å². The third-order valence-electron chi connectivity index (χ3n) is 5.79. The van der Waals surface area contributed by atoms with E-state index in [1.165, 1.54) is 38.5 Å². The van der Waals surface area contributed by atoms with Crippen molar-refractivity contribution < 1.29 is 4.74 Å². The molecule has 0 saturated heterocycles. The van der Waals surface area contributed by atoms with E-state index in [2.05, 4.69) is 37.5 Å². The lowest BCUT2D eigenvalue weighted by Gasteiger charge is -2.48. The first-order valence-corrected chi connectivity index (χ1v) is 8.10. The fourth-order valence-electron chi connectivity index (χ4n) is 4.85. The van der Waals surface area contributed by atoms with Gasteiger partial charge in [-0.25, -0.2) is 0 Å². The number of likely N-dealkylation sites (N-methyl/N-ethyl adjacent to an activating group) is 1. The van der Waals surface area contributed by atoms with Crippen LogP contribution in [0, 0.1) is 5.92 Å². The Morgan fingerprint density at radius 2 is 2.20 bits per heavy atom. The lowest BCUT2D eigenvalue weighted by Crippen LogP contribution is -2.54. The van der Waals surface area contributed by atoms with Crippen LogP contribution in [0.25, 0.3) is 0 Å². The molecular formula is C18H27NO. The largest absolute Gasteiger partial charge is 0.497 e. The van der Waals surface area contributed by atoms with E-state index in [9.17, 15) is 0 Å². The van der Waals surface area contributed by atoms with Crippen LogP contribution < -0.4 is 10.1 Å². The molecule has 1 unspecified atom stereocenters. The number of benzene rings is 1. The van der Waals surface area contributed by atoms with E-state index in [0.29, 0.717) is 11.5 Å². The molecule has 1 aromatic carbocycles. The summed E-state index contributed by atoms with van der Waals surface area (Å²) in [6.45, 7) is 2.36. The van der Waals surface area contributed by atoms with Gasteiger partial charge in [-0.05, 0) is 61.9 Å². The molecule has 1 saturated carbocycles. The highest BCUT2D eigenvalue weighted by atomic mass is 16.5. The molecule has 0 aromatic heterocycles. The molecule has 1 aromatic rings. The Kier molecular flexibility index (Phi) is 3.76. The standard InChI is InChI=1S/C18H27NO/c1-4-18-10-6-5-7-14(17(18)19-2)11-13-8-9-15(20-3)12-16(13)18/h8-9,12,14,17,19H,4-7,10-11H2,1-3H3/t14?,17-,18-/m1/s1. The maximum Gasteiger partial charge on any atom is 0.119 e. The lowest BCUT2D eigenvalue weighted by atomic mass is 9.60. The number of rotatable bonds is 3. The van der Waals surface area contributed by atoms with Crippen molar-refractivity contribution in [1.82, 2.24) is 5.32 Å². The lowest BCUT2D eigenvalue weighted by molar-refractivity contribution is 0.196. The Labute approximate surface area is 122 Å². The second-order valence-corrected chi connectivity index (χ2v) is 6.51. The van der Waals surface area contributed by atoms with Crippen LogP contribution in [0.4, 0.5) is 0 Å². The normalized spacial score (nSPS) is 32.4. The van der Waals surface area contributed by atoms with Crippen molar-refractivity contribution >= 4 is 0 Å². The first kappa shape index (κ1) is 13.9. The highest BCUT2D eigenvalue weighted by Crippen LogP contribution is 2.49. The SMILES string of the molecule is CC[C@@]12CCCCC(Cc3ccc(OC)cc31)[C@H]2NC. The van der Waals surface area contributed by atoms with Crippen molar-refractivity contribution in [2.24, 2.45) is 5.92 Å². The van der Waals surface area contributed by atoms with E-state index >= 15 is 0 Å². The first-order valence-electron chi connectivity index (χ1n) is 8.10. The molecule has 2 bridgehead atoms. The molecule has 1 fully saturated rings. The molecule has 0 heterocycles. The summed E-state index contributed by atoms with van der Waals surface area (Å²) in [5.41, 5.74) is 3.42. The van der Waals surface area contributed by atoms with Crippen molar-refractivity contribution in [2.45, 2.75) is 56.9 Å². The van der Waals surface area contributed by atoms with Crippen LogP contribution in [0.5, 0.6) is 5.75 Å². The van der Waals surface area contributed by atoms with Crippen LogP contribution in [0.2, 0.25) is 0 Å². The van der Waals surface area contributed by atoms with Gasteiger partial charge in [-0.3, -0.25) is 0 Å². The molecule has 2 heteroatoms. The van der Waals surface area contributed by atoms with Gasteiger partial charge in [0, 0.05) is 11.5 Å². The second-order valence-electron chi connectivity index (χ2n) is 6.51. The number of hydrogen-bond acceptors (Lipinski definition) is 2. The Morgan fingerprint density at radius 1 is 1.35 bits per heavy atom. The molecule has 20 heavy (non-hydrogen) atoms. The third kappa shape index (κ3) is 1.96. The van der Waals surface area contributed by atoms with Gasteiger partial charge in [0.15, 0.2) is 0 Å². The van der Waals surface area contributed by atoms with Gasteiger partial charge in [0.1, 0.15) is 5.75 Å². The van der Waals surface area contributed by atoms with Crippen molar-refractivity contribution in [3.05, 3.63) is 29.3 Å². The average molecular weight is 273 g/mol. The van der Waals surface area contributed by atoms with Crippen molar-refractivity contribution in [3.8, 4) is 5.75 Å². The molecule has 2 nitrogen and oxygen atoms in total. The van der Waals surface area contributed by atoms with Crippen LogP contribution in [0.15, 0.2) is 18.2 Å². The number of ether oxygens (including phenoxy) is 1. The predicted octanol–water partition coefficient (Wildman–Crippen LogP) is 3.68. The van der Waals surface area contributed by atoms with Crippen molar-refractivity contribution in [2.75, 3.05) is 14.2 Å². The fraction of sp³-hybridized carbons (Fsp3) is 0.667. The maximum absolute atomic E-state index is 5.49. The molecular weight excluding hydrogens is 246 g/mol. The topological polar surface area (TPSA) is 21.3 Å². The van der Waals surface area contributed by atoms with E-state index in [0.717, 1.165) is 11.7 Å². The van der Waals surface area contributed by atoms with Gasteiger partial charge >= 0.3 is 0 Å². The van der Waals surface area contributed by atoms with Gasteiger partial charge in [0.2, 0.25) is 0 Å². The summed E-state index contributed by atoms with van der Waals surface area (Å²) in [5, 5.41) is 3.68. The Bertz CT molecular complexity index is 484. The van der Waals surface area contributed by atoms with Gasteiger partial charge in [0.05, 0.1) is 7.11 Å². The highest BCUT2D eigenvalue weighted by molar-refractivity contribution is 5.45. The minimum Gasteiger partial charge on any atom is -0.497 e. The van der Waals surface area contributed by atoms with Crippen LogP contribution in [-0.4, -0.2) is 20.2 Å². The molecule has 2 aliphatic rings. The summed E-state index contributed by atoms with van der Waals surface area (Å²) in [5.74, 6) is 1.80. The molecule has 0 aliphatic heterocycles. The fourth-order valence-corrected chi connectivity index (χ4v) is 4.85. The zero-order valence-corrected chi connectivity index (χ0v) is 13.0. The van der Waals surface area contributed by atoms with Crippen LogP contribution in [0.1, 0.15) is 50.2 Å². The summed E-state index contributed by atoms with van der Waals surface area (Å²) in [4.78, 5) is 0. The molecule has 1 N–H and O–H groups in total. The third-order valence-corrected chi connectivity index (χ3v) is 5.79. The minimum absolute atomic E-state index is 0.304. The smallest absolute Gasteiger partial charge is 0.119 e. The Balaban J connectivity index is 2.16. The molecule has 3 atom stereocenters. The monoisotopic (exact) mass is 273 g/mol. The Hall–Kier alpha value is -1.02. The van der Waals surface area contributed by atoms with Crippen LogP contribution in [0.3, 0.4) is 0 Å². The molecule has 0 amide bonds. The number of nitrogens with one attached hydrogen (secondary N) is 1. The van der Waals surface area contributed by atoms with Gasteiger partial charge in [-0.15, -0.1) is 0 Å². The highest BCUT2D eigenvalue weighted by Gasteiger charge is 2.47. The zero-order valence-electron chi connectivity index (χ0n) is 13.0. The average Bonchev–Trinajstić information content (AvgIpc) is 2.62. The number of fused-ring (bicyclic) bond motifs is 4. The van der Waals surface area contributed by atoms with Gasteiger partial charge in [-0.1, -0.05) is 25.8 Å². The quantitative estimate of drug-likeness (QED) is 0.907. The van der Waals surface area contributed by atoms with Crippen molar-refractivity contribution in [3.63, 3.8) is 0 Å². The van der Waals surface area contributed by atoms with Crippen molar-refractivity contribution in [1.29, 1.82) is 0 Å². The first-order chi connectivity index (χ1) is 9.75. The summed E-state index contributed by atoms with van der Waals surface area (Å²) in [6, 6.07) is 7.37. The van der Waals surface area contributed by atoms with E-state index in [4.69, 9.17) is 4.74 Å². The zero-order chi connectivity index (χ0) is 14.2. The Morgan fingerprint density at radius 3 is 2.90 bits per heavy atom.